The van der Waals surface area contributed by atoms with Crippen molar-refractivity contribution in [2.75, 3.05) is 41.4 Å². The summed E-state index contributed by atoms with van der Waals surface area (Å²) in [4.78, 5) is 12.9. The summed E-state index contributed by atoms with van der Waals surface area (Å²) < 4.78 is 37.9. The van der Waals surface area contributed by atoms with Gasteiger partial charge >= 0.3 is 0 Å². The summed E-state index contributed by atoms with van der Waals surface area (Å²) in [6.45, 7) is 2.64. The first-order chi connectivity index (χ1) is 13.2. The lowest BCUT2D eigenvalue weighted by molar-refractivity contribution is -0.126. The van der Waals surface area contributed by atoms with Gasteiger partial charge in [-0.1, -0.05) is 13.0 Å². The molecule has 1 heterocycles. The first-order valence-corrected chi connectivity index (χ1v) is 10.8. The highest BCUT2D eigenvalue weighted by molar-refractivity contribution is 7.86. The van der Waals surface area contributed by atoms with Crippen LogP contribution in [0.2, 0.25) is 0 Å². The van der Waals surface area contributed by atoms with Crippen LogP contribution in [0.3, 0.4) is 0 Å². The third-order valence-electron chi connectivity index (χ3n) is 5.08. The van der Waals surface area contributed by atoms with E-state index in [4.69, 9.17) is 9.47 Å². The third-order valence-corrected chi connectivity index (χ3v) is 6.98. The van der Waals surface area contributed by atoms with Crippen molar-refractivity contribution in [1.29, 1.82) is 0 Å². The number of rotatable bonds is 8. The van der Waals surface area contributed by atoms with Crippen molar-refractivity contribution in [3.05, 3.63) is 23.8 Å². The Morgan fingerprint density at radius 2 is 1.96 bits per heavy atom. The first kappa shape index (κ1) is 22.4. The van der Waals surface area contributed by atoms with Crippen molar-refractivity contribution in [3.63, 3.8) is 0 Å². The Kier molecular flexibility index (Phi) is 7.68. The molecule has 9 heteroatoms. The van der Waals surface area contributed by atoms with Crippen molar-refractivity contribution in [2.45, 2.75) is 32.2 Å². The molecule has 0 aromatic heterocycles. The second kappa shape index (κ2) is 9.58. The van der Waals surface area contributed by atoms with Gasteiger partial charge in [0.15, 0.2) is 11.5 Å². The zero-order valence-corrected chi connectivity index (χ0v) is 18.1. The topological polar surface area (TPSA) is 88.2 Å². The smallest absolute Gasteiger partial charge is 0.281 e. The zero-order chi connectivity index (χ0) is 20.9. The molecule has 0 radical (unpaired) electrons. The number of hydrogen-bond donors (Lipinski definition) is 1. The molecule has 0 aliphatic carbocycles. The lowest BCUT2D eigenvalue weighted by Crippen LogP contribution is -2.49. The summed E-state index contributed by atoms with van der Waals surface area (Å²) in [6.07, 6.45) is 2.04. The average molecular weight is 414 g/mol. The van der Waals surface area contributed by atoms with E-state index < -0.39 is 10.2 Å². The normalized spacial score (nSPS) is 19.3. The minimum absolute atomic E-state index is 0.125. The number of nitrogens with zero attached hydrogens (tertiary/aromatic N) is 2. The van der Waals surface area contributed by atoms with Crippen LogP contribution in [-0.4, -0.2) is 64.3 Å². The van der Waals surface area contributed by atoms with E-state index >= 15 is 0 Å². The van der Waals surface area contributed by atoms with E-state index in [0.717, 1.165) is 5.56 Å². The fourth-order valence-corrected chi connectivity index (χ4v) is 4.57. The maximum absolute atomic E-state index is 12.9. The molecule has 0 bridgehead atoms. The number of piperidine rings is 1. The maximum Gasteiger partial charge on any atom is 0.281 e. The maximum atomic E-state index is 12.9. The van der Waals surface area contributed by atoms with Crippen LogP contribution in [0.15, 0.2) is 18.2 Å². The summed E-state index contributed by atoms with van der Waals surface area (Å²) in [5.41, 5.74) is 0.919. The second-order valence-corrected chi connectivity index (χ2v) is 9.21. The molecule has 2 atom stereocenters. The monoisotopic (exact) mass is 413 g/mol. The summed E-state index contributed by atoms with van der Waals surface area (Å²) in [7, 11) is 2.64. The van der Waals surface area contributed by atoms with Gasteiger partial charge in [0.25, 0.3) is 10.2 Å². The zero-order valence-electron chi connectivity index (χ0n) is 17.3. The molecule has 28 heavy (non-hydrogen) atoms. The number of nitrogens with one attached hydrogen (secondary N) is 1. The van der Waals surface area contributed by atoms with Crippen LogP contribution in [0, 0.1) is 5.92 Å². The predicted molar refractivity (Wildman–Crippen MR) is 108 cm³/mol. The van der Waals surface area contributed by atoms with Gasteiger partial charge in [-0.25, -0.2) is 0 Å². The van der Waals surface area contributed by atoms with E-state index in [-0.39, 0.29) is 24.4 Å². The highest BCUT2D eigenvalue weighted by atomic mass is 32.2. The number of ether oxygens (including phenoxy) is 2. The van der Waals surface area contributed by atoms with E-state index in [0.29, 0.717) is 37.3 Å². The van der Waals surface area contributed by atoms with Crippen molar-refractivity contribution < 1.29 is 22.7 Å². The predicted octanol–water partition coefficient (Wildman–Crippen LogP) is 1.79. The molecule has 0 saturated carbocycles. The number of amides is 1. The Morgan fingerprint density at radius 1 is 1.29 bits per heavy atom. The highest BCUT2D eigenvalue weighted by Gasteiger charge is 2.34. The van der Waals surface area contributed by atoms with E-state index in [1.807, 2.05) is 25.1 Å². The Balaban J connectivity index is 2.11. The number of carbonyl (C=O) groups is 1. The summed E-state index contributed by atoms with van der Waals surface area (Å²) in [6, 6.07) is 5.39. The molecule has 1 amide bonds. The van der Waals surface area contributed by atoms with Gasteiger partial charge in [-0.15, -0.1) is 0 Å². The van der Waals surface area contributed by atoms with E-state index in [1.54, 1.807) is 14.2 Å². The van der Waals surface area contributed by atoms with Gasteiger partial charge in [0.05, 0.1) is 26.2 Å². The summed E-state index contributed by atoms with van der Waals surface area (Å²) in [5.74, 6) is 0.746. The van der Waals surface area contributed by atoms with Gasteiger partial charge in [-0.2, -0.15) is 17.0 Å². The molecule has 0 unspecified atom stereocenters. The van der Waals surface area contributed by atoms with Gasteiger partial charge in [0, 0.05) is 27.2 Å². The van der Waals surface area contributed by atoms with Gasteiger partial charge in [-0.3, -0.25) is 4.79 Å². The van der Waals surface area contributed by atoms with Crippen molar-refractivity contribution in [3.8, 4) is 11.5 Å². The van der Waals surface area contributed by atoms with E-state index in [1.165, 1.54) is 22.7 Å². The number of methoxy groups -OCH3 is 2. The molecule has 1 fully saturated rings. The van der Waals surface area contributed by atoms with Crippen molar-refractivity contribution >= 4 is 16.1 Å². The third kappa shape index (κ3) is 4.95. The SMILES string of the molecule is CC[C@H](NC(=O)[C@H]1CCCN(S(=O)(=O)N(C)C)C1)c1ccc(OC)c(OC)c1. The minimum atomic E-state index is -3.51. The number of hydrogen-bond acceptors (Lipinski definition) is 5. The van der Waals surface area contributed by atoms with Gasteiger partial charge in [0.1, 0.15) is 0 Å². The Morgan fingerprint density at radius 3 is 2.54 bits per heavy atom. The van der Waals surface area contributed by atoms with E-state index in [9.17, 15) is 13.2 Å². The van der Waals surface area contributed by atoms with Crippen LogP contribution in [0.4, 0.5) is 0 Å². The first-order valence-electron chi connectivity index (χ1n) is 9.44. The molecule has 1 saturated heterocycles. The Labute approximate surface area is 168 Å². The quantitative estimate of drug-likeness (QED) is 0.702. The van der Waals surface area contributed by atoms with Crippen molar-refractivity contribution in [2.24, 2.45) is 5.92 Å². The van der Waals surface area contributed by atoms with Gasteiger partial charge in [0.2, 0.25) is 5.91 Å². The fraction of sp³-hybridized carbons (Fsp3) is 0.632. The lowest BCUT2D eigenvalue weighted by Gasteiger charge is -2.33. The highest BCUT2D eigenvalue weighted by Crippen LogP contribution is 2.31. The summed E-state index contributed by atoms with van der Waals surface area (Å²) >= 11 is 0. The molecular formula is C19H31N3O5S. The molecule has 2 rings (SSSR count). The van der Waals surface area contributed by atoms with Crippen LogP contribution in [0.1, 0.15) is 37.8 Å². The van der Waals surface area contributed by atoms with Gasteiger partial charge in [-0.05, 0) is 37.0 Å². The molecule has 0 spiro atoms. The molecule has 1 aromatic rings. The Bertz CT molecular complexity index is 782. The number of carbonyl (C=O) groups excluding carboxylic acids is 1. The fourth-order valence-electron chi connectivity index (χ4n) is 3.38. The minimum Gasteiger partial charge on any atom is -0.493 e. The molecule has 1 N–H and O–H groups in total. The standard InChI is InChI=1S/C19H31N3O5S/c1-6-16(14-9-10-17(26-4)18(12-14)27-5)20-19(23)15-8-7-11-22(13-15)28(24,25)21(2)3/h9-10,12,15-16H,6-8,11,13H2,1-5H3,(H,20,23)/t15-,16-/m0/s1. The van der Waals surface area contributed by atoms with Crippen LogP contribution < -0.4 is 14.8 Å². The van der Waals surface area contributed by atoms with Crippen LogP contribution >= 0.6 is 0 Å². The average Bonchev–Trinajstić information content (AvgIpc) is 2.71. The molecule has 1 aliphatic heterocycles. The largest absolute Gasteiger partial charge is 0.493 e. The molecule has 1 aliphatic rings. The van der Waals surface area contributed by atoms with Crippen LogP contribution in [0.5, 0.6) is 11.5 Å². The van der Waals surface area contributed by atoms with Crippen LogP contribution in [-0.2, 0) is 15.0 Å². The Hall–Kier alpha value is -1.84. The second-order valence-electron chi connectivity index (χ2n) is 7.07. The van der Waals surface area contributed by atoms with E-state index in [2.05, 4.69) is 5.32 Å². The lowest BCUT2D eigenvalue weighted by atomic mass is 9.97. The van der Waals surface area contributed by atoms with Crippen molar-refractivity contribution in [1.82, 2.24) is 13.9 Å². The van der Waals surface area contributed by atoms with Gasteiger partial charge < -0.3 is 14.8 Å². The molecule has 8 nitrogen and oxygen atoms in total. The summed E-state index contributed by atoms with van der Waals surface area (Å²) in [5, 5.41) is 3.07. The molecule has 1 aromatic carbocycles. The number of benzene rings is 1. The molecular weight excluding hydrogens is 382 g/mol. The van der Waals surface area contributed by atoms with Crippen LogP contribution in [0.25, 0.3) is 0 Å². The molecule has 158 valence electrons.